The van der Waals surface area contributed by atoms with E-state index in [9.17, 15) is 0 Å². The lowest BCUT2D eigenvalue weighted by molar-refractivity contribution is 0.128. The molecule has 1 unspecified atom stereocenters. The van der Waals surface area contributed by atoms with E-state index in [1.807, 2.05) is 0 Å². The third-order valence-corrected chi connectivity index (χ3v) is 5.50. The van der Waals surface area contributed by atoms with Crippen molar-refractivity contribution in [2.45, 2.75) is 43.9 Å². The number of rotatable bonds is 4. The van der Waals surface area contributed by atoms with Crippen molar-refractivity contribution in [3.63, 3.8) is 0 Å². The summed E-state index contributed by atoms with van der Waals surface area (Å²) in [5.74, 6) is 0. The van der Waals surface area contributed by atoms with Gasteiger partial charge in [0, 0.05) is 17.8 Å². The Bertz CT molecular complexity index is 199. The molecule has 0 bridgehead atoms. The summed E-state index contributed by atoms with van der Waals surface area (Å²) >= 11 is 4.29. The highest BCUT2D eigenvalue weighted by molar-refractivity contribution is 8.68. The third-order valence-electron chi connectivity index (χ3n) is 3.91. The van der Waals surface area contributed by atoms with Crippen LogP contribution >= 0.6 is 22.5 Å². The van der Waals surface area contributed by atoms with Crippen LogP contribution in [0, 0.1) is 0 Å². The van der Waals surface area contributed by atoms with Crippen molar-refractivity contribution in [3.05, 3.63) is 0 Å². The third kappa shape index (κ3) is 3.56. The van der Waals surface area contributed by atoms with Crippen LogP contribution in [0.2, 0.25) is 0 Å². The fourth-order valence-electron chi connectivity index (χ4n) is 2.97. The Hall–Kier alpha value is 0.620. The van der Waals surface area contributed by atoms with Gasteiger partial charge in [-0.3, -0.25) is 0 Å². The molecule has 94 valence electrons. The van der Waals surface area contributed by atoms with Crippen LogP contribution in [0.5, 0.6) is 0 Å². The first-order chi connectivity index (χ1) is 7.79. The van der Waals surface area contributed by atoms with Gasteiger partial charge in [-0.25, -0.2) is 0 Å². The molecule has 2 heterocycles. The van der Waals surface area contributed by atoms with Gasteiger partial charge in [0.05, 0.1) is 0 Å². The highest BCUT2D eigenvalue weighted by atomic mass is 33.1. The smallest absolute Gasteiger partial charge is 0.0248 e. The van der Waals surface area contributed by atoms with E-state index in [4.69, 9.17) is 0 Å². The van der Waals surface area contributed by atoms with Crippen LogP contribution in [-0.4, -0.2) is 53.8 Å². The lowest BCUT2D eigenvalue weighted by Gasteiger charge is -2.37. The predicted molar refractivity (Wildman–Crippen MR) is 76.3 cm³/mol. The van der Waals surface area contributed by atoms with Crippen molar-refractivity contribution in [2.24, 2.45) is 0 Å². The summed E-state index contributed by atoms with van der Waals surface area (Å²) in [5, 5.41) is 0.659. The fourth-order valence-corrected chi connectivity index (χ4v) is 3.45. The van der Waals surface area contributed by atoms with Crippen molar-refractivity contribution in [3.8, 4) is 0 Å². The maximum absolute atomic E-state index is 4.29. The van der Waals surface area contributed by atoms with E-state index in [2.05, 4.69) is 28.4 Å². The predicted octanol–water partition coefficient (Wildman–Crippen LogP) is 2.51. The van der Waals surface area contributed by atoms with Crippen molar-refractivity contribution >= 4 is 22.5 Å². The van der Waals surface area contributed by atoms with Crippen molar-refractivity contribution in [2.75, 3.05) is 32.7 Å². The lowest BCUT2D eigenvalue weighted by Crippen LogP contribution is -2.45. The van der Waals surface area contributed by atoms with Crippen LogP contribution in [0.4, 0.5) is 0 Å². The number of hydrogen-bond acceptors (Lipinski definition) is 4. The first-order valence-corrected chi connectivity index (χ1v) is 8.49. The minimum atomic E-state index is 0.659. The molecular formula is C12H24N2S2. The van der Waals surface area contributed by atoms with Gasteiger partial charge in [-0.2, -0.15) is 0 Å². The molecule has 0 aromatic rings. The molecule has 0 aromatic carbocycles. The molecule has 0 aliphatic carbocycles. The second kappa shape index (κ2) is 6.53. The van der Waals surface area contributed by atoms with Gasteiger partial charge in [-0.1, -0.05) is 17.7 Å². The second-order valence-corrected chi connectivity index (χ2v) is 6.84. The van der Waals surface area contributed by atoms with E-state index < -0.39 is 0 Å². The van der Waals surface area contributed by atoms with Crippen LogP contribution in [0.1, 0.15) is 32.6 Å². The van der Waals surface area contributed by atoms with E-state index in [0.717, 1.165) is 6.04 Å². The van der Waals surface area contributed by atoms with Gasteiger partial charge in [0.1, 0.15) is 0 Å². The molecule has 0 amide bonds. The zero-order valence-corrected chi connectivity index (χ0v) is 12.0. The quantitative estimate of drug-likeness (QED) is 0.613. The number of piperidine rings is 1. The highest BCUT2D eigenvalue weighted by Crippen LogP contribution is 2.22. The molecule has 4 heteroatoms. The topological polar surface area (TPSA) is 6.48 Å². The van der Waals surface area contributed by atoms with Gasteiger partial charge in [0.25, 0.3) is 0 Å². The van der Waals surface area contributed by atoms with E-state index in [0.29, 0.717) is 5.25 Å². The maximum Gasteiger partial charge on any atom is 0.0248 e. The van der Waals surface area contributed by atoms with E-state index in [1.165, 1.54) is 58.4 Å². The average molecular weight is 260 g/mol. The van der Waals surface area contributed by atoms with Gasteiger partial charge < -0.3 is 9.80 Å². The normalized spacial score (nSPS) is 27.4. The minimum Gasteiger partial charge on any atom is -0.302 e. The summed E-state index contributed by atoms with van der Waals surface area (Å²) in [5.41, 5.74) is 0. The fraction of sp³-hybridized carbons (Fsp3) is 1.00. The highest BCUT2D eigenvalue weighted by Gasteiger charge is 2.26. The number of likely N-dealkylation sites (tertiary alicyclic amines) is 2. The second-order valence-electron chi connectivity index (χ2n) is 5.19. The summed E-state index contributed by atoms with van der Waals surface area (Å²) in [7, 11) is 1.69. The monoisotopic (exact) mass is 260 g/mol. The number of nitrogens with zero attached hydrogens (tertiary/aromatic N) is 2. The summed E-state index contributed by atoms with van der Waals surface area (Å²) in [6.45, 7) is 8.77. The molecule has 0 aromatic heterocycles. The Morgan fingerprint density at radius 3 is 2.38 bits per heavy atom. The van der Waals surface area contributed by atoms with Crippen molar-refractivity contribution in [1.29, 1.82) is 0 Å². The summed E-state index contributed by atoms with van der Waals surface area (Å²) < 4.78 is 0. The Kier molecular flexibility index (Phi) is 5.33. The van der Waals surface area contributed by atoms with E-state index in [1.54, 1.807) is 10.8 Å². The molecular weight excluding hydrogens is 236 g/mol. The van der Waals surface area contributed by atoms with Crippen LogP contribution in [0.25, 0.3) is 0 Å². The summed E-state index contributed by atoms with van der Waals surface area (Å²) in [6, 6.07) is 0.887. The van der Waals surface area contributed by atoms with Gasteiger partial charge in [0.2, 0.25) is 0 Å². The average Bonchev–Trinajstić information content (AvgIpc) is 2.83. The number of hydrogen-bond donors (Lipinski definition) is 1. The molecule has 0 saturated carbocycles. The van der Waals surface area contributed by atoms with E-state index >= 15 is 0 Å². The summed E-state index contributed by atoms with van der Waals surface area (Å²) in [6.07, 6.45) is 5.61. The Balaban J connectivity index is 1.69. The molecule has 0 N–H and O–H groups in total. The largest absolute Gasteiger partial charge is 0.302 e. The van der Waals surface area contributed by atoms with Gasteiger partial charge in [-0.15, -0.1) is 11.7 Å². The molecule has 2 saturated heterocycles. The number of thiol groups is 1. The first kappa shape index (κ1) is 13.1. The standard InChI is InChI=1S/C12H24N2S2/c1-11(16-15)10-13-8-4-12(5-9-13)14-6-2-3-7-14/h11-12,15H,2-10H2,1H3. The molecule has 1 atom stereocenters. The van der Waals surface area contributed by atoms with E-state index in [-0.39, 0.29) is 0 Å². The maximum atomic E-state index is 4.29. The molecule has 0 radical (unpaired) electrons. The Morgan fingerprint density at radius 2 is 1.81 bits per heavy atom. The molecule has 0 spiro atoms. The van der Waals surface area contributed by atoms with Gasteiger partial charge >= 0.3 is 0 Å². The minimum absolute atomic E-state index is 0.659. The SMILES string of the molecule is CC(CN1CCC(N2CCCC2)CC1)SS. The summed E-state index contributed by atoms with van der Waals surface area (Å²) in [4.78, 5) is 5.33. The zero-order valence-electron chi connectivity index (χ0n) is 10.3. The van der Waals surface area contributed by atoms with Crippen LogP contribution in [0.15, 0.2) is 0 Å². The van der Waals surface area contributed by atoms with Crippen molar-refractivity contribution in [1.82, 2.24) is 9.80 Å². The molecule has 2 nitrogen and oxygen atoms in total. The van der Waals surface area contributed by atoms with Crippen LogP contribution in [-0.2, 0) is 0 Å². The first-order valence-electron chi connectivity index (χ1n) is 6.56. The lowest BCUT2D eigenvalue weighted by atomic mass is 10.0. The molecule has 16 heavy (non-hydrogen) atoms. The molecule has 2 aliphatic rings. The molecule has 2 aliphatic heterocycles. The van der Waals surface area contributed by atoms with Crippen LogP contribution < -0.4 is 0 Å². The van der Waals surface area contributed by atoms with Gasteiger partial charge in [-0.05, 0) is 51.9 Å². The molecule has 2 fully saturated rings. The molecule has 2 rings (SSSR count). The Labute approximate surface area is 109 Å². The Morgan fingerprint density at radius 1 is 1.19 bits per heavy atom. The zero-order chi connectivity index (χ0) is 11.4. The van der Waals surface area contributed by atoms with Crippen LogP contribution in [0.3, 0.4) is 0 Å². The van der Waals surface area contributed by atoms with Crippen molar-refractivity contribution < 1.29 is 0 Å². The van der Waals surface area contributed by atoms with Gasteiger partial charge in [0.15, 0.2) is 0 Å².